The van der Waals surface area contributed by atoms with Crippen LogP contribution in [0.15, 0.2) is 36.4 Å². The topological polar surface area (TPSA) is 81.0 Å². The summed E-state index contributed by atoms with van der Waals surface area (Å²) in [6, 6.07) is 5.26. The Morgan fingerprint density at radius 1 is 0.903 bits per heavy atom. The number of carboxylic acid groups (broad SMARTS) is 1. The number of piperidine rings is 1. The van der Waals surface area contributed by atoms with Crippen LogP contribution in [0.2, 0.25) is 0 Å². The zero-order valence-electron chi connectivity index (χ0n) is 16.7. The van der Waals surface area contributed by atoms with E-state index in [4.69, 9.17) is 0 Å². The third-order valence-corrected chi connectivity index (χ3v) is 6.06. The Balaban J connectivity index is 0.000000225. The first kappa shape index (κ1) is 23.2. The average molecular weight is 441 g/mol. The van der Waals surface area contributed by atoms with E-state index in [1.807, 2.05) is 0 Å². The molecular formula is C22H23F4NO4. The van der Waals surface area contributed by atoms with E-state index in [9.17, 15) is 37.7 Å². The second-order valence-electron chi connectivity index (χ2n) is 7.95. The van der Waals surface area contributed by atoms with Crippen molar-refractivity contribution in [1.29, 1.82) is 0 Å². The fourth-order valence-corrected chi connectivity index (χ4v) is 4.24. The van der Waals surface area contributed by atoms with Crippen LogP contribution in [0.25, 0.3) is 0 Å². The van der Waals surface area contributed by atoms with Crippen LogP contribution in [0, 0.1) is 23.3 Å². The lowest BCUT2D eigenvalue weighted by Crippen LogP contribution is -2.41. The predicted octanol–water partition coefficient (Wildman–Crippen LogP) is 3.17. The summed E-state index contributed by atoms with van der Waals surface area (Å²) in [5, 5.41) is 28.8. The first-order valence-electron chi connectivity index (χ1n) is 9.80. The standard InChI is InChI=1S/C14H8F4O3.C8H15NO/c15-9-3-1-7(5-11(9)17)14(21,13(19)20)8-2-4-10(16)12(18)6-8;1-9-6-2-3-7(9)5-8(10)4-6/h1-6,21H,(H,19,20);6-8,10H,2-5H2,1H3/t;6-,7+,8+. The molecule has 5 nitrogen and oxygen atoms in total. The van der Waals surface area contributed by atoms with Gasteiger partial charge in [0.05, 0.1) is 6.10 Å². The number of hydrogen-bond acceptors (Lipinski definition) is 4. The summed E-state index contributed by atoms with van der Waals surface area (Å²) in [5.41, 5.74) is -3.90. The maximum absolute atomic E-state index is 13.2. The summed E-state index contributed by atoms with van der Waals surface area (Å²) in [7, 11) is 2.19. The molecule has 2 fully saturated rings. The van der Waals surface area contributed by atoms with E-state index in [1.165, 1.54) is 12.8 Å². The van der Waals surface area contributed by atoms with Crippen molar-refractivity contribution in [2.45, 2.75) is 49.5 Å². The van der Waals surface area contributed by atoms with Crippen LogP contribution in [0.4, 0.5) is 17.6 Å². The van der Waals surface area contributed by atoms with E-state index in [0.717, 1.165) is 25.0 Å². The van der Waals surface area contributed by atoms with Crippen molar-refractivity contribution < 1.29 is 37.7 Å². The number of carbonyl (C=O) groups is 1. The van der Waals surface area contributed by atoms with Crippen molar-refractivity contribution in [1.82, 2.24) is 4.90 Å². The Hall–Kier alpha value is -2.49. The minimum atomic E-state index is -2.84. The molecule has 0 amide bonds. The second kappa shape index (κ2) is 8.94. The lowest BCUT2D eigenvalue weighted by atomic mass is 9.86. The maximum atomic E-state index is 13.2. The van der Waals surface area contributed by atoms with Gasteiger partial charge in [-0.2, -0.15) is 0 Å². The molecule has 2 saturated heterocycles. The van der Waals surface area contributed by atoms with Gasteiger partial charge < -0.3 is 20.2 Å². The number of carboxylic acids is 1. The maximum Gasteiger partial charge on any atom is 0.345 e. The SMILES string of the molecule is CN1[C@@H]2CC[C@H]1C[C@@H](O)C2.O=C(O)C(O)(c1ccc(F)c(F)c1)c1ccc(F)c(F)c1. The highest BCUT2D eigenvalue weighted by molar-refractivity contribution is 5.83. The van der Waals surface area contributed by atoms with Crippen LogP contribution >= 0.6 is 0 Å². The Bertz CT molecular complexity index is 905. The fourth-order valence-electron chi connectivity index (χ4n) is 4.24. The Morgan fingerprint density at radius 2 is 1.32 bits per heavy atom. The van der Waals surface area contributed by atoms with Crippen LogP contribution in [0.3, 0.4) is 0 Å². The van der Waals surface area contributed by atoms with Gasteiger partial charge in [0.2, 0.25) is 5.60 Å². The number of aliphatic hydroxyl groups is 2. The first-order valence-corrected chi connectivity index (χ1v) is 9.80. The van der Waals surface area contributed by atoms with E-state index < -0.39 is 46.0 Å². The molecule has 0 aromatic heterocycles. The molecule has 0 spiro atoms. The van der Waals surface area contributed by atoms with E-state index in [1.54, 1.807) is 0 Å². The summed E-state index contributed by atoms with van der Waals surface area (Å²) in [6.07, 6.45) is 4.62. The van der Waals surface area contributed by atoms with E-state index >= 15 is 0 Å². The van der Waals surface area contributed by atoms with Gasteiger partial charge in [0.15, 0.2) is 23.3 Å². The Morgan fingerprint density at radius 3 is 1.68 bits per heavy atom. The molecule has 9 heteroatoms. The number of aliphatic hydroxyl groups excluding tert-OH is 1. The molecule has 4 rings (SSSR count). The summed E-state index contributed by atoms with van der Waals surface area (Å²) in [5.74, 6) is -7.09. The largest absolute Gasteiger partial charge is 0.479 e. The number of nitrogens with zero attached hydrogens (tertiary/aromatic N) is 1. The number of rotatable bonds is 3. The molecule has 3 atom stereocenters. The quantitative estimate of drug-likeness (QED) is 0.638. The molecule has 2 bridgehead atoms. The second-order valence-corrected chi connectivity index (χ2v) is 7.95. The lowest BCUT2D eigenvalue weighted by molar-refractivity contribution is -0.155. The molecule has 168 valence electrons. The lowest BCUT2D eigenvalue weighted by Gasteiger charge is -2.33. The third kappa shape index (κ3) is 4.58. The smallest absolute Gasteiger partial charge is 0.345 e. The number of fused-ring (bicyclic) bond motifs is 2. The van der Waals surface area contributed by atoms with Crippen LogP contribution in [0.1, 0.15) is 36.8 Å². The van der Waals surface area contributed by atoms with Crippen LogP contribution < -0.4 is 0 Å². The molecule has 0 aliphatic carbocycles. The summed E-state index contributed by atoms with van der Waals surface area (Å²) in [4.78, 5) is 13.8. The molecule has 2 heterocycles. The fraction of sp³-hybridized carbons (Fsp3) is 0.409. The number of hydrogen-bond donors (Lipinski definition) is 3. The molecule has 2 aromatic rings. The molecule has 31 heavy (non-hydrogen) atoms. The van der Waals surface area contributed by atoms with Crippen LogP contribution in [0.5, 0.6) is 0 Å². The van der Waals surface area contributed by atoms with Crippen molar-refractivity contribution in [3.63, 3.8) is 0 Å². The predicted molar refractivity (Wildman–Crippen MR) is 103 cm³/mol. The molecule has 0 unspecified atom stereocenters. The average Bonchev–Trinajstić information content (AvgIpc) is 2.93. The van der Waals surface area contributed by atoms with Gasteiger partial charge in [-0.05, 0) is 57.0 Å². The Kier molecular flexibility index (Phi) is 6.68. The highest BCUT2D eigenvalue weighted by Gasteiger charge is 2.41. The zero-order chi connectivity index (χ0) is 22.9. The van der Waals surface area contributed by atoms with Gasteiger partial charge in [0, 0.05) is 23.2 Å². The minimum Gasteiger partial charge on any atom is -0.479 e. The minimum absolute atomic E-state index is 0.00583. The molecule has 3 N–H and O–H groups in total. The first-order chi connectivity index (χ1) is 14.5. The summed E-state index contributed by atoms with van der Waals surface area (Å²) >= 11 is 0. The van der Waals surface area contributed by atoms with Crippen molar-refractivity contribution in [2.75, 3.05) is 7.05 Å². The van der Waals surface area contributed by atoms with Crippen molar-refractivity contribution in [3.8, 4) is 0 Å². The third-order valence-electron chi connectivity index (χ3n) is 6.06. The number of benzene rings is 2. The van der Waals surface area contributed by atoms with Gasteiger partial charge in [-0.15, -0.1) is 0 Å². The van der Waals surface area contributed by atoms with Gasteiger partial charge in [-0.25, -0.2) is 22.4 Å². The van der Waals surface area contributed by atoms with Crippen LogP contribution in [-0.2, 0) is 10.4 Å². The molecule has 2 aliphatic heterocycles. The number of halogens is 4. The van der Waals surface area contributed by atoms with Gasteiger partial charge in [0.25, 0.3) is 0 Å². The van der Waals surface area contributed by atoms with Gasteiger partial charge in [-0.3, -0.25) is 0 Å². The molecule has 2 aromatic carbocycles. The van der Waals surface area contributed by atoms with E-state index in [0.29, 0.717) is 36.3 Å². The zero-order valence-corrected chi connectivity index (χ0v) is 16.7. The van der Waals surface area contributed by atoms with Crippen LogP contribution in [-0.4, -0.2) is 51.4 Å². The monoisotopic (exact) mass is 441 g/mol. The van der Waals surface area contributed by atoms with Gasteiger partial charge in [-0.1, -0.05) is 12.1 Å². The highest BCUT2D eigenvalue weighted by atomic mass is 19.2. The molecular weight excluding hydrogens is 418 g/mol. The molecule has 0 saturated carbocycles. The van der Waals surface area contributed by atoms with Gasteiger partial charge >= 0.3 is 5.97 Å². The number of aliphatic carboxylic acids is 1. The summed E-state index contributed by atoms with van der Waals surface area (Å²) in [6.45, 7) is 0. The summed E-state index contributed by atoms with van der Waals surface area (Å²) < 4.78 is 52.2. The van der Waals surface area contributed by atoms with E-state index in [2.05, 4.69) is 11.9 Å². The van der Waals surface area contributed by atoms with Gasteiger partial charge in [0.1, 0.15) is 0 Å². The van der Waals surface area contributed by atoms with Crippen molar-refractivity contribution in [3.05, 3.63) is 70.8 Å². The van der Waals surface area contributed by atoms with Crippen molar-refractivity contribution in [2.24, 2.45) is 0 Å². The molecule has 2 aliphatic rings. The molecule has 0 radical (unpaired) electrons. The van der Waals surface area contributed by atoms with Crippen molar-refractivity contribution >= 4 is 5.97 Å². The highest BCUT2D eigenvalue weighted by Crippen LogP contribution is 2.34. The Labute approximate surface area is 176 Å². The van der Waals surface area contributed by atoms with E-state index in [-0.39, 0.29) is 6.10 Å². The normalized spacial score (nSPS) is 23.3.